The van der Waals surface area contributed by atoms with E-state index in [1.54, 1.807) is 14.2 Å². The van der Waals surface area contributed by atoms with Gasteiger partial charge in [-0.3, -0.25) is 9.67 Å². The van der Waals surface area contributed by atoms with Gasteiger partial charge < -0.3 is 15.4 Å². The summed E-state index contributed by atoms with van der Waals surface area (Å²) in [7, 11) is 3.41. The minimum atomic E-state index is 0.336. The van der Waals surface area contributed by atoms with Gasteiger partial charge in [0, 0.05) is 37.8 Å². The van der Waals surface area contributed by atoms with Gasteiger partial charge in [-0.15, -0.1) is 0 Å². The molecule has 0 saturated carbocycles. The van der Waals surface area contributed by atoms with Crippen LogP contribution in [0.1, 0.15) is 43.3 Å². The Morgan fingerprint density at radius 2 is 2.27 bits per heavy atom. The molecule has 1 aliphatic rings. The number of hydrogen-bond acceptors (Lipinski definition) is 4. The number of hydrogen-bond donors (Lipinski definition) is 2. The fourth-order valence-electron chi connectivity index (χ4n) is 3.13. The van der Waals surface area contributed by atoms with E-state index in [-0.39, 0.29) is 0 Å². The smallest absolute Gasteiger partial charge is 0.213 e. The monoisotopic (exact) mass is 356 g/mol. The Hall–Kier alpha value is -2.57. The van der Waals surface area contributed by atoms with Crippen molar-refractivity contribution in [2.45, 2.75) is 51.7 Å². The Bertz CT molecular complexity index is 767. The van der Waals surface area contributed by atoms with E-state index in [0.29, 0.717) is 24.5 Å². The summed E-state index contributed by atoms with van der Waals surface area (Å²) in [6.45, 7) is 4.91. The van der Waals surface area contributed by atoms with Gasteiger partial charge in [-0.1, -0.05) is 6.07 Å². The second-order valence-electron chi connectivity index (χ2n) is 6.86. The Morgan fingerprint density at radius 3 is 3.00 bits per heavy atom. The number of nitrogens with zero attached hydrogens (tertiary/aromatic N) is 4. The maximum Gasteiger partial charge on any atom is 0.213 e. The highest BCUT2D eigenvalue weighted by atomic mass is 16.5. The van der Waals surface area contributed by atoms with E-state index in [2.05, 4.69) is 45.3 Å². The first-order chi connectivity index (χ1) is 12.6. The van der Waals surface area contributed by atoms with Crippen LogP contribution in [0.15, 0.2) is 29.4 Å². The summed E-state index contributed by atoms with van der Waals surface area (Å²) in [6, 6.07) is 6.48. The molecule has 2 aromatic rings. The molecule has 0 aromatic carbocycles. The third kappa shape index (κ3) is 4.33. The molecule has 0 aliphatic heterocycles. The Balaban J connectivity index is 1.56. The van der Waals surface area contributed by atoms with Gasteiger partial charge in [0.15, 0.2) is 5.96 Å². The Morgan fingerprint density at radius 1 is 1.42 bits per heavy atom. The number of rotatable bonds is 5. The molecule has 2 aromatic heterocycles. The van der Waals surface area contributed by atoms with E-state index in [1.807, 2.05) is 18.2 Å². The molecule has 3 rings (SSSR count). The summed E-state index contributed by atoms with van der Waals surface area (Å²) in [4.78, 5) is 8.75. The van der Waals surface area contributed by atoms with Crippen LogP contribution in [0, 0.1) is 0 Å². The van der Waals surface area contributed by atoms with Crippen molar-refractivity contribution < 1.29 is 4.74 Å². The zero-order chi connectivity index (χ0) is 18.5. The van der Waals surface area contributed by atoms with Gasteiger partial charge in [-0.05, 0) is 38.3 Å². The highest BCUT2D eigenvalue weighted by Crippen LogP contribution is 2.21. The van der Waals surface area contributed by atoms with Crippen LogP contribution in [0.2, 0.25) is 0 Å². The van der Waals surface area contributed by atoms with Gasteiger partial charge in [0.1, 0.15) is 0 Å². The van der Waals surface area contributed by atoms with Crippen LogP contribution in [0.3, 0.4) is 0 Å². The van der Waals surface area contributed by atoms with Crippen LogP contribution in [0.4, 0.5) is 0 Å². The van der Waals surface area contributed by atoms with Gasteiger partial charge in [-0.2, -0.15) is 5.10 Å². The molecule has 26 heavy (non-hydrogen) atoms. The summed E-state index contributed by atoms with van der Waals surface area (Å²) in [6.07, 6.45) is 5.24. The van der Waals surface area contributed by atoms with Gasteiger partial charge in [0.2, 0.25) is 5.88 Å². The van der Waals surface area contributed by atoms with Crippen LogP contribution < -0.4 is 15.4 Å². The number of aryl methyl sites for hydroxylation is 1. The van der Waals surface area contributed by atoms with E-state index in [4.69, 9.17) is 9.84 Å². The van der Waals surface area contributed by atoms with E-state index >= 15 is 0 Å². The van der Waals surface area contributed by atoms with E-state index in [9.17, 15) is 0 Å². The fourth-order valence-corrected chi connectivity index (χ4v) is 3.13. The predicted molar refractivity (Wildman–Crippen MR) is 103 cm³/mol. The molecular formula is C19H28N6O. The standard InChI is InChI=1S/C19H28N6O/c1-13(2)25-12-14-8-9-15(10-17(14)24-25)23-19(20-3)21-11-16-6-5-7-18(22-16)26-4/h5-7,12-13,15H,8-11H2,1-4H3,(H2,20,21,23). The van der Waals surface area contributed by atoms with Crippen molar-refractivity contribution >= 4 is 5.96 Å². The van der Waals surface area contributed by atoms with Crippen LogP contribution in [0.25, 0.3) is 0 Å². The number of nitrogens with one attached hydrogen (secondary N) is 2. The van der Waals surface area contributed by atoms with E-state index < -0.39 is 0 Å². The quantitative estimate of drug-likeness (QED) is 0.634. The lowest BCUT2D eigenvalue weighted by molar-refractivity contribution is 0.396. The third-order valence-corrected chi connectivity index (χ3v) is 4.62. The summed E-state index contributed by atoms with van der Waals surface area (Å²) in [5.41, 5.74) is 3.49. The van der Waals surface area contributed by atoms with Crippen molar-refractivity contribution in [1.82, 2.24) is 25.4 Å². The minimum absolute atomic E-state index is 0.336. The Labute approximate surface area is 154 Å². The lowest BCUT2D eigenvalue weighted by Crippen LogP contribution is -2.45. The molecule has 0 amide bonds. The van der Waals surface area contributed by atoms with Crippen LogP contribution in [-0.4, -0.2) is 40.9 Å². The summed E-state index contributed by atoms with van der Waals surface area (Å²) < 4.78 is 7.23. The molecule has 1 unspecified atom stereocenters. The SMILES string of the molecule is CN=C(NCc1cccc(OC)n1)NC1CCc2cn(C(C)C)nc2C1. The number of methoxy groups -OCH3 is 1. The first-order valence-electron chi connectivity index (χ1n) is 9.13. The fraction of sp³-hybridized carbons (Fsp3) is 0.526. The molecule has 0 spiro atoms. The number of ether oxygens (including phenoxy) is 1. The van der Waals surface area contributed by atoms with Crippen molar-refractivity contribution in [2.75, 3.05) is 14.2 Å². The van der Waals surface area contributed by atoms with Crippen molar-refractivity contribution in [3.05, 3.63) is 41.3 Å². The van der Waals surface area contributed by atoms with Crippen molar-refractivity contribution in [2.24, 2.45) is 4.99 Å². The first-order valence-corrected chi connectivity index (χ1v) is 9.13. The number of guanidine groups is 1. The third-order valence-electron chi connectivity index (χ3n) is 4.62. The molecule has 2 heterocycles. The Kier molecular flexibility index (Phi) is 5.75. The topological polar surface area (TPSA) is 76.4 Å². The van der Waals surface area contributed by atoms with Gasteiger partial charge >= 0.3 is 0 Å². The lowest BCUT2D eigenvalue weighted by Gasteiger charge is -2.24. The van der Waals surface area contributed by atoms with Crippen molar-refractivity contribution in [3.63, 3.8) is 0 Å². The molecule has 2 N–H and O–H groups in total. The molecular weight excluding hydrogens is 328 g/mol. The maximum atomic E-state index is 5.17. The largest absolute Gasteiger partial charge is 0.481 e. The predicted octanol–water partition coefficient (Wildman–Crippen LogP) is 2.09. The summed E-state index contributed by atoms with van der Waals surface area (Å²) >= 11 is 0. The van der Waals surface area contributed by atoms with Gasteiger partial charge in [-0.25, -0.2) is 4.98 Å². The molecule has 0 bridgehead atoms. The number of aliphatic imine (C=N–C) groups is 1. The molecule has 0 saturated heterocycles. The molecule has 0 radical (unpaired) electrons. The van der Waals surface area contributed by atoms with Gasteiger partial charge in [0.25, 0.3) is 0 Å². The van der Waals surface area contributed by atoms with Crippen LogP contribution >= 0.6 is 0 Å². The second-order valence-corrected chi connectivity index (χ2v) is 6.86. The minimum Gasteiger partial charge on any atom is -0.481 e. The molecule has 0 fully saturated rings. The molecule has 7 nitrogen and oxygen atoms in total. The van der Waals surface area contributed by atoms with Crippen molar-refractivity contribution in [3.8, 4) is 5.88 Å². The normalized spacial score (nSPS) is 17.1. The average Bonchev–Trinajstić information content (AvgIpc) is 3.09. The summed E-state index contributed by atoms with van der Waals surface area (Å²) in [5, 5.41) is 11.6. The zero-order valence-electron chi connectivity index (χ0n) is 16.0. The van der Waals surface area contributed by atoms with E-state index in [0.717, 1.165) is 30.9 Å². The average molecular weight is 356 g/mol. The molecule has 1 aliphatic carbocycles. The molecule has 1 atom stereocenters. The lowest BCUT2D eigenvalue weighted by atomic mass is 9.94. The summed E-state index contributed by atoms with van der Waals surface area (Å²) in [5.74, 6) is 1.40. The van der Waals surface area contributed by atoms with Crippen LogP contribution in [-0.2, 0) is 19.4 Å². The highest BCUT2D eigenvalue weighted by Gasteiger charge is 2.23. The molecule has 7 heteroatoms. The second kappa shape index (κ2) is 8.21. The highest BCUT2D eigenvalue weighted by molar-refractivity contribution is 5.80. The molecule has 140 valence electrons. The number of pyridine rings is 1. The van der Waals surface area contributed by atoms with Crippen molar-refractivity contribution in [1.29, 1.82) is 0 Å². The van der Waals surface area contributed by atoms with Gasteiger partial charge in [0.05, 0.1) is 25.0 Å². The maximum absolute atomic E-state index is 5.17. The first kappa shape index (κ1) is 18.2. The number of fused-ring (bicyclic) bond motifs is 1. The number of aromatic nitrogens is 3. The van der Waals surface area contributed by atoms with E-state index in [1.165, 1.54) is 11.3 Å². The van der Waals surface area contributed by atoms with Crippen LogP contribution in [0.5, 0.6) is 5.88 Å². The zero-order valence-corrected chi connectivity index (χ0v) is 16.0.